The summed E-state index contributed by atoms with van der Waals surface area (Å²) in [6, 6.07) is 7.79. The van der Waals surface area contributed by atoms with Crippen molar-refractivity contribution in [1.29, 1.82) is 0 Å². The highest BCUT2D eigenvalue weighted by Gasteiger charge is 2.63. The van der Waals surface area contributed by atoms with E-state index < -0.39 is 0 Å². The van der Waals surface area contributed by atoms with E-state index in [1.54, 1.807) is 0 Å². The molecule has 0 aromatic heterocycles. The first-order chi connectivity index (χ1) is 9.40. The lowest BCUT2D eigenvalue weighted by Crippen LogP contribution is -2.32. The third-order valence-electron chi connectivity index (χ3n) is 5.85. The predicted molar refractivity (Wildman–Crippen MR) is 80.0 cm³/mol. The fourth-order valence-corrected chi connectivity index (χ4v) is 3.99. The zero-order valence-electron chi connectivity index (χ0n) is 12.4. The lowest BCUT2D eigenvalue weighted by atomic mass is 9.70. The van der Waals surface area contributed by atoms with Crippen molar-refractivity contribution in [1.82, 2.24) is 0 Å². The molecule has 0 spiro atoms. The normalized spacial score (nSPS) is 33.1. The first kappa shape index (κ1) is 13.6. The molecule has 2 unspecified atom stereocenters. The van der Waals surface area contributed by atoms with Crippen molar-refractivity contribution in [3.8, 4) is 0 Å². The van der Waals surface area contributed by atoms with Gasteiger partial charge in [-0.3, -0.25) is 4.79 Å². The Morgan fingerprint density at radius 2 is 1.90 bits per heavy atom. The summed E-state index contributed by atoms with van der Waals surface area (Å²) in [6.07, 6.45) is 4.19. The molecule has 20 heavy (non-hydrogen) atoms. The number of carbonyl (C=O) groups excluding carboxylic acids is 1. The Morgan fingerprint density at radius 3 is 2.40 bits per heavy atom. The van der Waals surface area contributed by atoms with E-state index in [2.05, 4.69) is 26.8 Å². The van der Waals surface area contributed by atoms with E-state index in [9.17, 15) is 4.79 Å². The van der Waals surface area contributed by atoms with Gasteiger partial charge in [0, 0.05) is 5.41 Å². The zero-order valence-corrected chi connectivity index (χ0v) is 12.4. The minimum atomic E-state index is -0.186. The Labute approximate surface area is 120 Å². The Bertz CT molecular complexity index is 580. The van der Waals surface area contributed by atoms with Crippen LogP contribution in [0.25, 0.3) is 6.08 Å². The van der Waals surface area contributed by atoms with Crippen molar-refractivity contribution in [2.75, 3.05) is 0 Å². The van der Waals surface area contributed by atoms with Crippen LogP contribution in [0.5, 0.6) is 0 Å². The molecule has 2 bridgehead atoms. The Morgan fingerprint density at radius 1 is 1.25 bits per heavy atom. The van der Waals surface area contributed by atoms with Gasteiger partial charge in [-0.25, -0.2) is 0 Å². The number of aliphatic hydroxyl groups is 1. The summed E-state index contributed by atoms with van der Waals surface area (Å²) in [7, 11) is 0. The lowest BCUT2D eigenvalue weighted by molar-refractivity contribution is -0.125. The number of hydrogen-bond acceptors (Lipinski definition) is 2. The molecule has 1 aromatic carbocycles. The van der Waals surface area contributed by atoms with Gasteiger partial charge >= 0.3 is 0 Å². The molecule has 3 rings (SSSR count). The zero-order chi connectivity index (χ0) is 14.5. The van der Waals surface area contributed by atoms with Crippen LogP contribution in [0.2, 0.25) is 0 Å². The molecule has 1 aromatic rings. The number of allylic oxidation sites excluding steroid dienone is 1. The van der Waals surface area contributed by atoms with Crippen molar-refractivity contribution in [2.24, 2.45) is 16.7 Å². The van der Waals surface area contributed by atoms with Crippen LogP contribution in [0.15, 0.2) is 29.8 Å². The number of fused-ring (bicyclic) bond motifs is 2. The number of aliphatic hydroxyl groups excluding tert-OH is 1. The van der Waals surface area contributed by atoms with Crippen LogP contribution in [-0.2, 0) is 11.4 Å². The number of carbonyl (C=O) groups is 1. The highest BCUT2D eigenvalue weighted by Crippen LogP contribution is 2.65. The van der Waals surface area contributed by atoms with E-state index in [0.29, 0.717) is 11.7 Å². The molecule has 2 aliphatic carbocycles. The van der Waals surface area contributed by atoms with E-state index in [4.69, 9.17) is 5.11 Å². The maximum atomic E-state index is 12.7. The quantitative estimate of drug-likeness (QED) is 0.834. The summed E-state index contributed by atoms with van der Waals surface area (Å²) in [4.78, 5) is 12.7. The molecule has 2 aliphatic rings. The minimum Gasteiger partial charge on any atom is -0.392 e. The second kappa shape index (κ2) is 4.29. The number of benzene rings is 1. The van der Waals surface area contributed by atoms with Gasteiger partial charge in [-0.15, -0.1) is 0 Å². The summed E-state index contributed by atoms with van der Waals surface area (Å²) in [5.74, 6) is 0.725. The van der Waals surface area contributed by atoms with Crippen molar-refractivity contribution in [3.63, 3.8) is 0 Å². The number of Topliss-reactive ketones (excluding diaryl/α,β-unsaturated/α-hetero) is 1. The van der Waals surface area contributed by atoms with Gasteiger partial charge in [-0.1, -0.05) is 45.0 Å². The molecule has 0 amide bonds. The van der Waals surface area contributed by atoms with Crippen LogP contribution in [-0.4, -0.2) is 10.9 Å². The van der Waals surface area contributed by atoms with E-state index in [0.717, 1.165) is 29.5 Å². The molecule has 106 valence electrons. The SMILES string of the molecule is CC12CCC(/C(=C\c3ccc(CO)cc3)C1=O)C2(C)C. The monoisotopic (exact) mass is 270 g/mol. The lowest BCUT2D eigenvalue weighted by Gasteiger charge is -2.31. The summed E-state index contributed by atoms with van der Waals surface area (Å²) in [6.45, 7) is 6.66. The van der Waals surface area contributed by atoms with Crippen molar-refractivity contribution in [3.05, 3.63) is 41.0 Å². The largest absolute Gasteiger partial charge is 0.392 e. The van der Waals surface area contributed by atoms with Crippen LogP contribution < -0.4 is 0 Å². The molecule has 0 aliphatic heterocycles. The molecule has 2 nitrogen and oxygen atoms in total. The predicted octanol–water partition coefficient (Wildman–Crippen LogP) is 3.59. The van der Waals surface area contributed by atoms with Gasteiger partial charge in [-0.05, 0) is 47.0 Å². The Balaban J connectivity index is 1.99. The van der Waals surface area contributed by atoms with Gasteiger partial charge in [0.1, 0.15) is 0 Å². The van der Waals surface area contributed by atoms with E-state index in [1.165, 1.54) is 0 Å². The second-order valence-corrected chi connectivity index (χ2v) is 6.97. The summed E-state index contributed by atoms with van der Waals surface area (Å²) in [5, 5.41) is 9.07. The maximum Gasteiger partial charge on any atom is 0.165 e. The van der Waals surface area contributed by atoms with Gasteiger partial charge < -0.3 is 5.11 Å². The van der Waals surface area contributed by atoms with Gasteiger partial charge in [0.25, 0.3) is 0 Å². The fraction of sp³-hybridized carbons (Fsp3) is 0.500. The van der Waals surface area contributed by atoms with Crippen molar-refractivity contribution < 1.29 is 9.90 Å². The average molecular weight is 270 g/mol. The third kappa shape index (κ3) is 1.64. The van der Waals surface area contributed by atoms with E-state index >= 15 is 0 Å². The second-order valence-electron chi connectivity index (χ2n) is 6.97. The molecule has 1 N–H and O–H groups in total. The standard InChI is InChI=1S/C18H22O2/c1-17(2)15-8-9-18(17,3)16(20)14(15)10-12-4-6-13(11-19)7-5-12/h4-7,10,15,19H,8-9,11H2,1-3H3/b14-10+. The number of rotatable bonds is 2. The van der Waals surface area contributed by atoms with Crippen LogP contribution in [0, 0.1) is 16.7 Å². The fourth-order valence-electron chi connectivity index (χ4n) is 3.99. The van der Waals surface area contributed by atoms with E-state index in [-0.39, 0.29) is 17.4 Å². The van der Waals surface area contributed by atoms with Crippen LogP contribution in [0.4, 0.5) is 0 Å². The third-order valence-corrected chi connectivity index (χ3v) is 5.85. The Kier molecular flexibility index (Phi) is 2.91. The molecular weight excluding hydrogens is 248 g/mol. The maximum absolute atomic E-state index is 12.7. The molecule has 2 atom stereocenters. The first-order valence-corrected chi connectivity index (χ1v) is 7.36. The summed E-state index contributed by atoms with van der Waals surface area (Å²) in [5.41, 5.74) is 2.84. The smallest absolute Gasteiger partial charge is 0.165 e. The summed E-state index contributed by atoms with van der Waals surface area (Å²) >= 11 is 0. The van der Waals surface area contributed by atoms with Crippen molar-refractivity contribution in [2.45, 2.75) is 40.2 Å². The number of ketones is 1. The topological polar surface area (TPSA) is 37.3 Å². The van der Waals surface area contributed by atoms with Gasteiger partial charge in [-0.2, -0.15) is 0 Å². The molecule has 0 radical (unpaired) electrons. The first-order valence-electron chi connectivity index (χ1n) is 7.36. The van der Waals surface area contributed by atoms with Gasteiger partial charge in [0.15, 0.2) is 5.78 Å². The number of hydrogen-bond donors (Lipinski definition) is 1. The molecule has 0 saturated heterocycles. The van der Waals surface area contributed by atoms with Crippen LogP contribution in [0.3, 0.4) is 0 Å². The Hall–Kier alpha value is -1.41. The molecule has 2 heteroatoms. The van der Waals surface area contributed by atoms with Gasteiger partial charge in [0.2, 0.25) is 0 Å². The minimum absolute atomic E-state index is 0.0590. The van der Waals surface area contributed by atoms with Crippen LogP contribution >= 0.6 is 0 Å². The average Bonchev–Trinajstić information content (AvgIpc) is 2.74. The summed E-state index contributed by atoms with van der Waals surface area (Å²) < 4.78 is 0. The highest BCUT2D eigenvalue weighted by molar-refractivity contribution is 6.07. The van der Waals surface area contributed by atoms with E-state index in [1.807, 2.05) is 24.3 Å². The molecular formula is C18H22O2. The molecule has 2 saturated carbocycles. The molecule has 2 fully saturated rings. The van der Waals surface area contributed by atoms with Crippen molar-refractivity contribution >= 4 is 11.9 Å². The van der Waals surface area contributed by atoms with Crippen LogP contribution in [0.1, 0.15) is 44.7 Å². The molecule has 0 heterocycles. The van der Waals surface area contributed by atoms with Gasteiger partial charge in [0.05, 0.1) is 6.61 Å². The highest BCUT2D eigenvalue weighted by atomic mass is 16.3.